The molecular weight excluding hydrogens is 436 g/mol. The molecule has 1 aliphatic rings. The second kappa shape index (κ2) is 10.9. The molecule has 0 bridgehead atoms. The number of ether oxygens (including phenoxy) is 1. The van der Waals surface area contributed by atoms with Crippen LogP contribution in [0, 0.1) is 5.92 Å². The molecule has 1 fully saturated rings. The van der Waals surface area contributed by atoms with E-state index in [2.05, 4.69) is 23.1 Å². The first kappa shape index (κ1) is 23.4. The van der Waals surface area contributed by atoms with Gasteiger partial charge in [0.1, 0.15) is 5.75 Å². The number of rotatable bonds is 8. The maximum Gasteiger partial charge on any atom is 0.289 e. The smallest absolute Gasteiger partial charge is 0.289 e. The fourth-order valence-electron chi connectivity index (χ4n) is 4.72. The lowest BCUT2D eigenvalue weighted by Gasteiger charge is -2.40. The van der Waals surface area contributed by atoms with Crippen molar-refractivity contribution in [2.75, 3.05) is 27.2 Å². The molecule has 0 spiro atoms. The van der Waals surface area contributed by atoms with E-state index < -0.39 is 0 Å². The number of carbonyl (C=O) groups excluding carboxylic acids is 1. The summed E-state index contributed by atoms with van der Waals surface area (Å²) in [5.41, 5.74) is 2.36. The summed E-state index contributed by atoms with van der Waals surface area (Å²) in [6, 6.07) is 19.7. The first-order valence-corrected chi connectivity index (χ1v) is 11.8. The molecule has 1 aromatic heterocycles. The Morgan fingerprint density at radius 1 is 1.12 bits per heavy atom. The molecule has 1 aliphatic heterocycles. The summed E-state index contributed by atoms with van der Waals surface area (Å²) in [7, 11) is 3.57. The number of likely N-dealkylation sites (tertiary alicyclic amines) is 1. The van der Waals surface area contributed by atoms with Gasteiger partial charge in [-0.15, -0.1) is 0 Å². The Morgan fingerprint density at radius 3 is 2.48 bits per heavy atom. The zero-order chi connectivity index (χ0) is 23.2. The maximum atomic E-state index is 13.1. The van der Waals surface area contributed by atoms with Crippen molar-refractivity contribution in [1.29, 1.82) is 0 Å². The topological polar surface area (TPSA) is 45.9 Å². The Morgan fingerprint density at radius 2 is 1.85 bits per heavy atom. The fourth-order valence-corrected chi connectivity index (χ4v) is 4.93. The Bertz CT molecular complexity index is 1030. The van der Waals surface area contributed by atoms with Gasteiger partial charge in [-0.05, 0) is 79.7 Å². The molecule has 0 N–H and O–H groups in total. The van der Waals surface area contributed by atoms with Gasteiger partial charge in [-0.1, -0.05) is 41.9 Å². The van der Waals surface area contributed by atoms with E-state index in [9.17, 15) is 4.79 Å². The standard InChI is InChI=1S/C27H31ClN2O3/c1-29(27(31)26-8-5-17-33-26)25(18-22-6-3-4-7-24(22)28)21-13-15-30(16-14-21)19-20-9-11-23(32-2)12-10-20/h3-12,17,21,25H,13-16,18-19H2,1-2H3/t25-/m0/s1. The highest BCUT2D eigenvalue weighted by molar-refractivity contribution is 6.31. The molecule has 6 heteroatoms. The quantitative estimate of drug-likeness (QED) is 0.437. The number of furan rings is 1. The number of amides is 1. The summed E-state index contributed by atoms with van der Waals surface area (Å²) in [6.07, 6.45) is 4.33. The molecule has 3 aromatic rings. The van der Waals surface area contributed by atoms with Crippen LogP contribution in [0.4, 0.5) is 0 Å². The van der Waals surface area contributed by atoms with Gasteiger partial charge in [0, 0.05) is 24.7 Å². The Labute approximate surface area is 200 Å². The van der Waals surface area contributed by atoms with Crippen LogP contribution in [0.1, 0.15) is 34.5 Å². The van der Waals surface area contributed by atoms with E-state index in [1.54, 1.807) is 25.5 Å². The highest BCUT2D eigenvalue weighted by atomic mass is 35.5. The number of nitrogens with zero attached hydrogens (tertiary/aromatic N) is 2. The average Bonchev–Trinajstić information content (AvgIpc) is 3.39. The van der Waals surface area contributed by atoms with Gasteiger partial charge in [0.25, 0.3) is 5.91 Å². The molecule has 1 saturated heterocycles. The number of halogens is 1. The van der Waals surface area contributed by atoms with Crippen molar-refractivity contribution in [1.82, 2.24) is 9.80 Å². The molecule has 4 rings (SSSR count). The second-order valence-corrected chi connectivity index (χ2v) is 9.13. The minimum Gasteiger partial charge on any atom is -0.497 e. The summed E-state index contributed by atoms with van der Waals surface area (Å²) >= 11 is 6.49. The lowest BCUT2D eigenvalue weighted by atomic mass is 9.84. The SMILES string of the molecule is COc1ccc(CN2CCC([C@H](Cc3ccccc3Cl)N(C)C(=O)c3ccco3)CC2)cc1. The Hall–Kier alpha value is -2.76. The van der Waals surface area contributed by atoms with E-state index in [0.29, 0.717) is 11.7 Å². The minimum atomic E-state index is -0.0854. The van der Waals surface area contributed by atoms with Crippen molar-refractivity contribution in [3.05, 3.63) is 88.8 Å². The molecule has 2 aromatic carbocycles. The van der Waals surface area contributed by atoms with Crippen LogP contribution in [0.2, 0.25) is 5.02 Å². The summed E-state index contributed by atoms with van der Waals surface area (Å²) in [5.74, 6) is 1.55. The molecule has 0 unspecified atom stereocenters. The van der Waals surface area contributed by atoms with Crippen molar-refractivity contribution in [2.24, 2.45) is 5.92 Å². The normalized spacial score (nSPS) is 15.8. The molecule has 0 saturated carbocycles. The van der Waals surface area contributed by atoms with E-state index >= 15 is 0 Å². The van der Waals surface area contributed by atoms with Gasteiger partial charge in [-0.3, -0.25) is 9.69 Å². The minimum absolute atomic E-state index is 0.0469. The van der Waals surface area contributed by atoms with Gasteiger partial charge in [0.2, 0.25) is 0 Å². The van der Waals surface area contributed by atoms with Crippen molar-refractivity contribution >= 4 is 17.5 Å². The van der Waals surface area contributed by atoms with Gasteiger partial charge in [-0.2, -0.15) is 0 Å². The molecule has 174 valence electrons. The zero-order valence-electron chi connectivity index (χ0n) is 19.2. The van der Waals surface area contributed by atoms with Crippen LogP contribution in [-0.2, 0) is 13.0 Å². The van der Waals surface area contributed by atoms with E-state index in [1.165, 1.54) is 5.56 Å². The molecule has 0 aliphatic carbocycles. The summed E-state index contributed by atoms with van der Waals surface area (Å²) in [4.78, 5) is 17.4. The average molecular weight is 467 g/mol. The monoisotopic (exact) mass is 466 g/mol. The van der Waals surface area contributed by atoms with Crippen molar-refractivity contribution in [3.63, 3.8) is 0 Å². The van der Waals surface area contributed by atoms with Crippen molar-refractivity contribution < 1.29 is 13.9 Å². The fraction of sp³-hybridized carbons (Fsp3) is 0.370. The van der Waals surface area contributed by atoms with Gasteiger partial charge >= 0.3 is 0 Å². The summed E-state index contributed by atoms with van der Waals surface area (Å²) in [6.45, 7) is 2.92. The van der Waals surface area contributed by atoms with Crippen LogP contribution in [0.5, 0.6) is 5.75 Å². The van der Waals surface area contributed by atoms with E-state index in [1.807, 2.05) is 42.3 Å². The third kappa shape index (κ3) is 5.79. The number of likely N-dealkylation sites (N-methyl/N-ethyl adjacent to an activating group) is 1. The molecule has 0 radical (unpaired) electrons. The van der Waals surface area contributed by atoms with Gasteiger partial charge < -0.3 is 14.1 Å². The Balaban J connectivity index is 1.45. The number of hydrogen-bond donors (Lipinski definition) is 0. The molecule has 5 nitrogen and oxygen atoms in total. The van der Waals surface area contributed by atoms with Crippen molar-refractivity contribution in [3.8, 4) is 5.75 Å². The Kier molecular flexibility index (Phi) is 7.73. The third-order valence-electron chi connectivity index (χ3n) is 6.68. The first-order chi connectivity index (χ1) is 16.0. The molecule has 33 heavy (non-hydrogen) atoms. The summed E-state index contributed by atoms with van der Waals surface area (Å²) < 4.78 is 10.7. The zero-order valence-corrected chi connectivity index (χ0v) is 20.0. The number of piperidine rings is 1. The van der Waals surface area contributed by atoms with Crippen LogP contribution >= 0.6 is 11.6 Å². The second-order valence-electron chi connectivity index (χ2n) is 8.72. The molecular formula is C27H31ClN2O3. The van der Waals surface area contributed by atoms with E-state index in [0.717, 1.165) is 55.2 Å². The molecule has 2 heterocycles. The van der Waals surface area contributed by atoms with Crippen LogP contribution in [0.3, 0.4) is 0 Å². The lowest BCUT2D eigenvalue weighted by Crippen LogP contribution is -2.47. The number of benzene rings is 2. The van der Waals surface area contributed by atoms with Gasteiger partial charge in [0.05, 0.1) is 13.4 Å². The number of methoxy groups -OCH3 is 1. The van der Waals surface area contributed by atoms with Crippen LogP contribution in [-0.4, -0.2) is 49.0 Å². The van der Waals surface area contributed by atoms with Gasteiger partial charge in [0.15, 0.2) is 5.76 Å². The highest BCUT2D eigenvalue weighted by Crippen LogP contribution is 2.30. The lowest BCUT2D eigenvalue weighted by molar-refractivity contribution is 0.0556. The summed E-state index contributed by atoms with van der Waals surface area (Å²) in [5, 5.41) is 0.748. The first-order valence-electron chi connectivity index (χ1n) is 11.4. The number of hydrogen-bond acceptors (Lipinski definition) is 4. The third-order valence-corrected chi connectivity index (χ3v) is 7.05. The van der Waals surface area contributed by atoms with E-state index in [4.69, 9.17) is 20.8 Å². The van der Waals surface area contributed by atoms with Crippen LogP contribution in [0.25, 0.3) is 0 Å². The van der Waals surface area contributed by atoms with Gasteiger partial charge in [-0.25, -0.2) is 0 Å². The molecule has 1 amide bonds. The van der Waals surface area contributed by atoms with Crippen LogP contribution in [0.15, 0.2) is 71.3 Å². The highest BCUT2D eigenvalue weighted by Gasteiger charge is 2.33. The maximum absolute atomic E-state index is 13.1. The molecule has 1 atom stereocenters. The predicted molar refractivity (Wildman–Crippen MR) is 131 cm³/mol. The van der Waals surface area contributed by atoms with E-state index in [-0.39, 0.29) is 11.9 Å². The predicted octanol–water partition coefficient (Wildman–Crippen LogP) is 5.54. The largest absolute Gasteiger partial charge is 0.497 e. The van der Waals surface area contributed by atoms with Crippen LogP contribution < -0.4 is 4.74 Å². The number of carbonyl (C=O) groups is 1. The van der Waals surface area contributed by atoms with Crippen molar-refractivity contribution in [2.45, 2.75) is 31.8 Å².